The van der Waals surface area contributed by atoms with Gasteiger partial charge in [-0.15, -0.1) is 46.2 Å². The van der Waals surface area contributed by atoms with E-state index in [0.717, 1.165) is 20.8 Å². The molecular formula is C53H46Cl6Zr. The van der Waals surface area contributed by atoms with Gasteiger partial charge in [-0.3, -0.25) is 6.08 Å². The summed E-state index contributed by atoms with van der Waals surface area (Å²) in [5, 5.41) is 5.36. The van der Waals surface area contributed by atoms with Crippen LogP contribution in [0.4, 0.5) is 0 Å². The summed E-state index contributed by atoms with van der Waals surface area (Å²) in [5.74, 6) is 0. The predicted octanol–water partition coefficient (Wildman–Crippen LogP) is 17.4. The number of benzene rings is 6. The molecule has 7 heteroatoms. The van der Waals surface area contributed by atoms with Gasteiger partial charge < -0.3 is 0 Å². The summed E-state index contributed by atoms with van der Waals surface area (Å²) in [6.45, 7) is 13.9. The van der Waals surface area contributed by atoms with Crippen LogP contribution in [0.3, 0.4) is 0 Å². The molecule has 0 nitrogen and oxygen atoms in total. The van der Waals surface area contributed by atoms with E-state index in [-0.39, 0.29) is 10.8 Å². The maximum Gasteiger partial charge on any atom is -0.109 e. The average molecular weight is 987 g/mol. The Bertz CT molecular complexity index is 2480. The van der Waals surface area contributed by atoms with Crippen molar-refractivity contribution in [3.05, 3.63) is 197 Å². The number of halogens is 6. The summed E-state index contributed by atoms with van der Waals surface area (Å²) in [6.07, 6.45) is 10.0. The van der Waals surface area contributed by atoms with Crippen LogP contribution < -0.4 is 0 Å². The summed E-state index contributed by atoms with van der Waals surface area (Å²) in [7, 11) is 0. The summed E-state index contributed by atoms with van der Waals surface area (Å²) in [6, 6.07) is 48.6. The van der Waals surface area contributed by atoms with Gasteiger partial charge in [-0.25, -0.2) is 12.2 Å². The molecule has 1 aliphatic carbocycles. The fraction of sp³-hybridized carbons (Fsp3) is 0.208. The number of fused-ring (bicyclic) bond motifs is 3. The van der Waals surface area contributed by atoms with Crippen LogP contribution in [0.2, 0.25) is 0 Å². The maximum atomic E-state index is 5.94. The second-order valence-electron chi connectivity index (χ2n) is 16.9. The van der Waals surface area contributed by atoms with Crippen LogP contribution in [-0.2, 0) is 42.7 Å². The van der Waals surface area contributed by atoms with Gasteiger partial charge in [0.05, 0.1) is 0 Å². The number of hydrogen-bond acceptors (Lipinski definition) is 0. The van der Waals surface area contributed by atoms with Crippen molar-refractivity contribution < 1.29 is 24.2 Å². The Kier molecular flexibility index (Phi) is 15.0. The van der Waals surface area contributed by atoms with Gasteiger partial charge in [-0.1, -0.05) is 114 Å². The fourth-order valence-electron chi connectivity index (χ4n) is 7.27. The minimum absolute atomic E-state index is 0.0554. The largest absolute Gasteiger partial charge is 0.273 e. The molecule has 304 valence electrons. The molecule has 0 amide bonds. The molecule has 0 bridgehead atoms. The molecule has 0 spiro atoms. The molecule has 0 unspecified atom stereocenters. The first-order chi connectivity index (χ1) is 28.2. The minimum Gasteiger partial charge on any atom is -0.273 e. The fourth-order valence-corrected chi connectivity index (χ4v) is 8.74. The van der Waals surface area contributed by atoms with Crippen molar-refractivity contribution in [3.8, 4) is 22.3 Å². The molecule has 60 heavy (non-hydrogen) atoms. The molecule has 0 N–H and O–H groups in total. The number of rotatable bonds is 4. The smallest absolute Gasteiger partial charge is 0.109 e. The van der Waals surface area contributed by atoms with Crippen molar-refractivity contribution in [2.75, 3.05) is 0 Å². The van der Waals surface area contributed by atoms with Gasteiger partial charge in [0.15, 0.2) is 0 Å². The molecule has 0 radical (unpaired) electrons. The van der Waals surface area contributed by atoms with Crippen LogP contribution in [-0.4, -0.2) is 3.21 Å². The van der Waals surface area contributed by atoms with E-state index >= 15 is 0 Å². The molecule has 7 aromatic carbocycles. The summed E-state index contributed by atoms with van der Waals surface area (Å²) in [4.78, 5) is 0. The average Bonchev–Trinajstić information content (AvgIpc) is 3.91. The van der Waals surface area contributed by atoms with Crippen LogP contribution in [0.5, 0.6) is 0 Å². The normalized spacial score (nSPS) is 12.9. The topological polar surface area (TPSA) is 0 Å². The SMILES string of the molecule is CC(C)(C)c1cc2c(cc1-c1ccccc1)[cH-]c1cc(-c3ccccc3)c(C(C)(C)C)cc12.ClC(Cl)(Cl)c1cccc([C](=[Zr+2])c2cccc(C(Cl)(Cl)Cl)c2)c1.[C-]1=CC=CC1. The summed E-state index contributed by atoms with van der Waals surface area (Å²) >= 11 is 36.9. The molecule has 0 heterocycles. The number of hydrogen-bond donors (Lipinski definition) is 0. The van der Waals surface area contributed by atoms with E-state index in [2.05, 4.69) is 145 Å². The van der Waals surface area contributed by atoms with Crippen molar-refractivity contribution in [2.24, 2.45) is 0 Å². The van der Waals surface area contributed by atoms with E-state index in [0.29, 0.717) is 11.1 Å². The van der Waals surface area contributed by atoms with Gasteiger partial charge in [-0.05, 0) is 44.2 Å². The van der Waals surface area contributed by atoms with Gasteiger partial charge in [0, 0.05) is 0 Å². The molecule has 0 aliphatic heterocycles. The third-order valence-electron chi connectivity index (χ3n) is 10.3. The first-order valence-corrected chi connectivity index (χ1v) is 23.2. The third kappa shape index (κ3) is 11.6. The Labute approximate surface area is 400 Å². The van der Waals surface area contributed by atoms with E-state index in [1.807, 2.05) is 48.6 Å². The zero-order valence-corrected chi connectivity index (χ0v) is 41.5. The van der Waals surface area contributed by atoms with Crippen molar-refractivity contribution >= 4 is 94.4 Å². The van der Waals surface area contributed by atoms with Crippen molar-refractivity contribution in [2.45, 2.75) is 66.4 Å². The van der Waals surface area contributed by atoms with Gasteiger partial charge in [0.1, 0.15) is 0 Å². The van der Waals surface area contributed by atoms with E-state index in [1.54, 1.807) is 12.1 Å². The van der Waals surface area contributed by atoms with E-state index in [9.17, 15) is 0 Å². The molecule has 0 saturated heterocycles. The molecule has 1 aliphatic rings. The number of alkyl halides is 6. The first-order valence-electron chi connectivity index (χ1n) is 19.7. The van der Waals surface area contributed by atoms with E-state index < -0.39 is 7.59 Å². The second-order valence-corrected chi connectivity index (χ2v) is 22.7. The quantitative estimate of drug-likeness (QED) is 0.122. The molecule has 0 atom stereocenters. The second kappa shape index (κ2) is 19.3. The van der Waals surface area contributed by atoms with Crippen LogP contribution in [0, 0.1) is 6.08 Å². The van der Waals surface area contributed by atoms with Crippen molar-refractivity contribution in [1.82, 2.24) is 0 Å². The van der Waals surface area contributed by atoms with E-state index in [1.165, 1.54) is 79.2 Å². The zero-order valence-electron chi connectivity index (χ0n) is 34.5. The zero-order chi connectivity index (χ0) is 43.5. The van der Waals surface area contributed by atoms with Crippen LogP contribution in [0.25, 0.3) is 43.8 Å². The van der Waals surface area contributed by atoms with Gasteiger partial charge in [0.25, 0.3) is 0 Å². The molecule has 7 aromatic rings. The van der Waals surface area contributed by atoms with Crippen LogP contribution >= 0.6 is 69.6 Å². The minimum atomic E-state index is -1.45. The van der Waals surface area contributed by atoms with Crippen molar-refractivity contribution in [1.29, 1.82) is 0 Å². The molecule has 0 aromatic heterocycles. The Balaban J connectivity index is 0.000000192. The Morgan fingerprint density at radius 2 is 0.950 bits per heavy atom. The third-order valence-corrected chi connectivity index (χ3v) is 13.0. The van der Waals surface area contributed by atoms with E-state index in [4.69, 9.17) is 69.6 Å². The predicted molar refractivity (Wildman–Crippen MR) is 261 cm³/mol. The van der Waals surface area contributed by atoms with Gasteiger partial charge in [0.2, 0.25) is 0 Å². The monoisotopic (exact) mass is 982 g/mol. The molecular weight excluding hydrogens is 941 g/mol. The van der Waals surface area contributed by atoms with Crippen LogP contribution in [0.15, 0.2) is 158 Å². The Hall–Kier alpha value is -2.84. The number of allylic oxidation sites excluding steroid dienone is 4. The standard InChI is InChI=1S/C33H33.C15H8Cl6.C5H5.Zr/c1-32(2,3)30-20-26-24(18-28(30)22-13-9-7-10-14-22)17-25-19-29(23-15-11-8-12-16-23)31(21-27(25)26)33(4,5)6;16-14(17,18)12-5-1-3-10(8-12)7-11-4-2-6-13(9-11)15(19,20)21;1-2-4-5-3-1;/h7-21H,1-6H3;1-6,8-9H;1-3H,4H2;/q-1;;-1;+2. The van der Waals surface area contributed by atoms with Crippen molar-refractivity contribution in [3.63, 3.8) is 0 Å². The Morgan fingerprint density at radius 1 is 0.533 bits per heavy atom. The molecule has 0 saturated carbocycles. The summed E-state index contributed by atoms with van der Waals surface area (Å²) in [5.41, 5.74) is 11.4. The first kappa shape index (κ1) is 46.7. The summed E-state index contributed by atoms with van der Waals surface area (Å²) < 4.78 is -1.82. The Morgan fingerprint density at radius 3 is 1.27 bits per heavy atom. The van der Waals surface area contributed by atoms with Crippen LogP contribution in [0.1, 0.15) is 81.3 Å². The molecule has 0 fully saturated rings. The van der Waals surface area contributed by atoms with Gasteiger partial charge >= 0.3 is 175 Å². The maximum absolute atomic E-state index is 5.94. The molecule has 8 rings (SSSR count). The van der Waals surface area contributed by atoms with Gasteiger partial charge in [-0.2, -0.15) is 6.08 Å².